The number of rotatable bonds is 7. The van der Waals surface area contributed by atoms with Crippen molar-refractivity contribution < 1.29 is 9.59 Å². The summed E-state index contributed by atoms with van der Waals surface area (Å²) < 4.78 is 0.647. The summed E-state index contributed by atoms with van der Waals surface area (Å²) in [5, 5.41) is 14.6. The van der Waals surface area contributed by atoms with Gasteiger partial charge in [-0.3, -0.25) is 9.59 Å². The minimum Gasteiger partial charge on any atom is -0.374 e. The molecule has 1 aromatic carbocycles. The molecule has 4 N–H and O–H groups in total. The Kier molecular flexibility index (Phi) is 6.66. The van der Waals surface area contributed by atoms with E-state index >= 15 is 0 Å². The summed E-state index contributed by atoms with van der Waals surface area (Å²) in [5.41, 5.74) is 8.31. The summed E-state index contributed by atoms with van der Waals surface area (Å²) in [7, 11) is 0. The van der Waals surface area contributed by atoms with Crippen LogP contribution in [-0.2, 0) is 24.2 Å². The van der Waals surface area contributed by atoms with Gasteiger partial charge in [-0.25, -0.2) is 0 Å². The standard InChI is InChI=1S/C20H21N5O2S3/c21-19-24-25-20(30-19)28-11-15(26)23-18-16(13-8-4-5-9-14(13)29-18)17(27)22-10-12-6-2-1-3-7-12/h1-3,6-7H,4-5,8-11H2,(H2,21,24)(H,22,27)(H,23,26). The first kappa shape index (κ1) is 20.8. The second-order valence-corrected chi connectivity index (χ2v) is 10.2. The molecule has 0 atom stereocenters. The van der Waals surface area contributed by atoms with Gasteiger partial charge in [-0.05, 0) is 36.8 Å². The quantitative estimate of drug-likeness (QED) is 0.465. The van der Waals surface area contributed by atoms with Gasteiger partial charge in [-0.2, -0.15) is 0 Å². The van der Waals surface area contributed by atoms with E-state index in [0.717, 1.165) is 36.8 Å². The van der Waals surface area contributed by atoms with Crippen molar-refractivity contribution in [2.75, 3.05) is 16.8 Å². The molecule has 7 nitrogen and oxygen atoms in total. The summed E-state index contributed by atoms with van der Waals surface area (Å²) in [4.78, 5) is 26.8. The van der Waals surface area contributed by atoms with E-state index < -0.39 is 0 Å². The molecule has 0 saturated heterocycles. The van der Waals surface area contributed by atoms with Gasteiger partial charge < -0.3 is 16.4 Å². The van der Waals surface area contributed by atoms with Gasteiger partial charge in [0.2, 0.25) is 11.0 Å². The Morgan fingerprint density at radius 1 is 1.10 bits per heavy atom. The number of nitrogens with two attached hydrogens (primary N) is 1. The fourth-order valence-corrected chi connectivity index (χ4v) is 6.07. The molecule has 0 aliphatic heterocycles. The molecule has 2 aromatic heterocycles. The number of aromatic nitrogens is 2. The molecule has 2 heterocycles. The lowest BCUT2D eigenvalue weighted by atomic mass is 9.95. The van der Waals surface area contributed by atoms with Gasteiger partial charge in [0.05, 0.1) is 11.3 Å². The molecule has 30 heavy (non-hydrogen) atoms. The summed E-state index contributed by atoms with van der Waals surface area (Å²) in [6.07, 6.45) is 3.99. The van der Waals surface area contributed by atoms with Gasteiger partial charge in [-0.1, -0.05) is 53.4 Å². The Balaban J connectivity index is 1.47. The van der Waals surface area contributed by atoms with Crippen LogP contribution in [0.5, 0.6) is 0 Å². The van der Waals surface area contributed by atoms with Crippen LogP contribution >= 0.6 is 34.4 Å². The van der Waals surface area contributed by atoms with E-state index in [4.69, 9.17) is 5.73 Å². The zero-order valence-corrected chi connectivity index (χ0v) is 18.6. The number of hydrogen-bond acceptors (Lipinski definition) is 8. The second-order valence-electron chi connectivity index (χ2n) is 6.83. The fourth-order valence-electron chi connectivity index (χ4n) is 3.33. The van der Waals surface area contributed by atoms with E-state index in [-0.39, 0.29) is 17.6 Å². The van der Waals surface area contributed by atoms with Crippen LogP contribution < -0.4 is 16.4 Å². The molecule has 0 saturated carbocycles. The largest absolute Gasteiger partial charge is 0.374 e. The van der Waals surface area contributed by atoms with Gasteiger partial charge in [0.1, 0.15) is 5.00 Å². The van der Waals surface area contributed by atoms with Crippen molar-refractivity contribution in [2.24, 2.45) is 0 Å². The Morgan fingerprint density at radius 2 is 1.90 bits per heavy atom. The summed E-state index contributed by atoms with van der Waals surface area (Å²) >= 11 is 4.05. The van der Waals surface area contributed by atoms with Gasteiger partial charge in [-0.15, -0.1) is 21.5 Å². The third-order valence-corrected chi connectivity index (χ3v) is 7.79. The maximum absolute atomic E-state index is 13.0. The van der Waals surface area contributed by atoms with Crippen molar-refractivity contribution in [3.63, 3.8) is 0 Å². The molecule has 0 fully saturated rings. The van der Waals surface area contributed by atoms with E-state index in [1.807, 2.05) is 30.3 Å². The van der Waals surface area contributed by atoms with Crippen LogP contribution in [-0.4, -0.2) is 27.8 Å². The Labute approximate surface area is 186 Å². The van der Waals surface area contributed by atoms with E-state index in [1.165, 1.54) is 39.3 Å². The van der Waals surface area contributed by atoms with E-state index in [9.17, 15) is 9.59 Å². The van der Waals surface area contributed by atoms with Gasteiger partial charge in [0, 0.05) is 11.4 Å². The van der Waals surface area contributed by atoms with Gasteiger partial charge in [0.15, 0.2) is 4.34 Å². The molecule has 0 radical (unpaired) electrons. The highest BCUT2D eigenvalue weighted by molar-refractivity contribution is 8.01. The molecule has 3 aromatic rings. The minimum atomic E-state index is -0.176. The number of fused-ring (bicyclic) bond motifs is 1. The summed E-state index contributed by atoms with van der Waals surface area (Å²) in [5.74, 6) is -0.134. The van der Waals surface area contributed by atoms with Gasteiger partial charge >= 0.3 is 0 Å². The molecule has 1 aliphatic rings. The Hall–Kier alpha value is -2.43. The Morgan fingerprint density at radius 3 is 2.67 bits per heavy atom. The minimum absolute atomic E-state index is 0.141. The van der Waals surface area contributed by atoms with Crippen molar-refractivity contribution in [3.8, 4) is 0 Å². The monoisotopic (exact) mass is 459 g/mol. The number of carbonyl (C=O) groups excluding carboxylic acids is 2. The van der Waals surface area contributed by atoms with E-state index in [0.29, 0.717) is 26.6 Å². The predicted octanol–water partition coefficient (Wildman–Crippen LogP) is 3.72. The van der Waals surface area contributed by atoms with E-state index in [2.05, 4.69) is 20.8 Å². The first-order valence-corrected chi connectivity index (χ1v) is 12.2. The molecule has 4 rings (SSSR count). The highest BCUT2D eigenvalue weighted by atomic mass is 32.2. The molecule has 156 valence electrons. The maximum atomic E-state index is 13.0. The van der Waals surface area contributed by atoms with Crippen molar-refractivity contribution in [1.82, 2.24) is 15.5 Å². The zero-order chi connectivity index (χ0) is 20.9. The average molecular weight is 460 g/mol. The third-order valence-electron chi connectivity index (χ3n) is 4.70. The highest BCUT2D eigenvalue weighted by Crippen LogP contribution is 2.38. The first-order chi connectivity index (χ1) is 14.6. The fraction of sp³-hybridized carbons (Fsp3) is 0.300. The number of thiophene rings is 1. The lowest BCUT2D eigenvalue weighted by molar-refractivity contribution is -0.113. The third kappa shape index (κ3) is 5.00. The van der Waals surface area contributed by atoms with Gasteiger partial charge in [0.25, 0.3) is 5.91 Å². The Bertz CT molecular complexity index is 1050. The number of nitrogen functional groups attached to an aromatic ring is 1. The van der Waals surface area contributed by atoms with E-state index in [1.54, 1.807) is 0 Å². The number of nitrogens with one attached hydrogen (secondary N) is 2. The smallest absolute Gasteiger partial charge is 0.254 e. The maximum Gasteiger partial charge on any atom is 0.254 e. The number of aryl methyl sites for hydroxylation is 1. The number of hydrogen-bond donors (Lipinski definition) is 3. The van der Waals surface area contributed by atoms with Crippen molar-refractivity contribution in [3.05, 3.63) is 51.9 Å². The number of nitrogens with zero attached hydrogens (tertiary/aromatic N) is 2. The van der Waals surface area contributed by atoms with Crippen LogP contribution in [0.3, 0.4) is 0 Å². The number of benzene rings is 1. The number of carbonyl (C=O) groups is 2. The molecule has 0 bridgehead atoms. The lowest BCUT2D eigenvalue weighted by Crippen LogP contribution is -2.25. The molecule has 0 unspecified atom stereocenters. The predicted molar refractivity (Wildman–Crippen MR) is 122 cm³/mol. The van der Waals surface area contributed by atoms with Crippen LogP contribution in [0.4, 0.5) is 10.1 Å². The van der Waals surface area contributed by atoms with Crippen molar-refractivity contribution >= 4 is 56.4 Å². The van der Waals surface area contributed by atoms with Crippen molar-refractivity contribution in [1.29, 1.82) is 0 Å². The molecular formula is C20H21N5O2S3. The van der Waals surface area contributed by atoms with Crippen LogP contribution in [0, 0.1) is 0 Å². The summed E-state index contributed by atoms with van der Waals surface area (Å²) in [6.45, 7) is 0.450. The first-order valence-electron chi connectivity index (χ1n) is 9.58. The zero-order valence-electron chi connectivity index (χ0n) is 16.1. The average Bonchev–Trinajstić information content (AvgIpc) is 3.34. The molecule has 0 spiro atoms. The summed E-state index contributed by atoms with van der Waals surface area (Å²) in [6, 6.07) is 9.79. The van der Waals surface area contributed by atoms with Crippen LogP contribution in [0.15, 0.2) is 34.7 Å². The normalized spacial score (nSPS) is 12.9. The number of anilines is 2. The highest BCUT2D eigenvalue weighted by Gasteiger charge is 2.26. The topological polar surface area (TPSA) is 110 Å². The molecule has 1 aliphatic carbocycles. The van der Waals surface area contributed by atoms with Crippen LogP contribution in [0.2, 0.25) is 0 Å². The number of amides is 2. The lowest BCUT2D eigenvalue weighted by Gasteiger charge is -2.13. The molecule has 10 heteroatoms. The SMILES string of the molecule is Nc1nnc(SCC(=O)Nc2sc3c(c2C(=O)NCc2ccccc2)CCCC3)s1. The molecular weight excluding hydrogens is 438 g/mol. The van der Waals surface area contributed by atoms with Crippen LogP contribution in [0.25, 0.3) is 0 Å². The van der Waals surface area contributed by atoms with Crippen molar-refractivity contribution in [2.45, 2.75) is 36.6 Å². The second kappa shape index (κ2) is 9.59. The molecule has 2 amide bonds. The van der Waals surface area contributed by atoms with Crippen LogP contribution in [0.1, 0.15) is 39.2 Å². The number of thioether (sulfide) groups is 1.